The van der Waals surface area contributed by atoms with Crippen molar-refractivity contribution >= 4 is 17.2 Å². The van der Waals surface area contributed by atoms with E-state index in [2.05, 4.69) is 28.3 Å². The summed E-state index contributed by atoms with van der Waals surface area (Å²) in [5.74, 6) is 0.0407. The summed E-state index contributed by atoms with van der Waals surface area (Å²) in [6.45, 7) is 6.05. The van der Waals surface area contributed by atoms with Crippen LogP contribution in [0.2, 0.25) is 0 Å². The maximum Gasteiger partial charge on any atom is 0.236 e. The molecule has 1 atom stereocenters. The minimum Gasteiger partial charge on any atom is -0.385 e. The van der Waals surface area contributed by atoms with Crippen LogP contribution < -0.4 is 10.6 Å². The summed E-state index contributed by atoms with van der Waals surface area (Å²) in [5, 5.41) is 10.3. The normalized spacial score (nSPS) is 12.4. The lowest BCUT2D eigenvalue weighted by Crippen LogP contribution is -2.42. The number of nitrogens with one attached hydrogen (secondary N) is 2. The Bertz CT molecular complexity index is 366. The zero-order chi connectivity index (χ0) is 13.4. The Balaban J connectivity index is 2.21. The highest BCUT2D eigenvalue weighted by atomic mass is 32.1. The molecule has 0 aromatic carbocycles. The number of rotatable bonds is 8. The largest absolute Gasteiger partial charge is 0.385 e. The predicted molar refractivity (Wildman–Crippen MR) is 74.9 cm³/mol. The van der Waals surface area contributed by atoms with Gasteiger partial charge < -0.3 is 15.4 Å². The van der Waals surface area contributed by atoms with Crippen molar-refractivity contribution in [3.8, 4) is 0 Å². The van der Waals surface area contributed by atoms with Crippen LogP contribution in [0.5, 0.6) is 0 Å². The molecule has 0 aliphatic rings. The fourth-order valence-corrected chi connectivity index (χ4v) is 2.36. The van der Waals surface area contributed by atoms with E-state index in [0.717, 1.165) is 13.0 Å². The molecule has 0 saturated carbocycles. The molecular weight excluding hydrogens is 248 g/mol. The second-order valence-electron chi connectivity index (χ2n) is 4.32. The highest BCUT2D eigenvalue weighted by molar-refractivity contribution is 7.08. The molecular formula is C13H22N2O2S. The highest BCUT2D eigenvalue weighted by Crippen LogP contribution is 2.13. The summed E-state index contributed by atoms with van der Waals surface area (Å²) < 4.78 is 4.93. The van der Waals surface area contributed by atoms with Gasteiger partial charge >= 0.3 is 0 Å². The van der Waals surface area contributed by atoms with Crippen LogP contribution in [0, 0.1) is 6.92 Å². The van der Waals surface area contributed by atoms with Gasteiger partial charge in [0.2, 0.25) is 5.91 Å². The van der Waals surface area contributed by atoms with Gasteiger partial charge in [0.15, 0.2) is 0 Å². The first-order chi connectivity index (χ1) is 8.65. The van der Waals surface area contributed by atoms with Crippen molar-refractivity contribution in [3.63, 3.8) is 0 Å². The van der Waals surface area contributed by atoms with Crippen molar-refractivity contribution in [3.05, 3.63) is 21.9 Å². The van der Waals surface area contributed by atoms with Crippen LogP contribution in [0.1, 0.15) is 24.5 Å². The fourth-order valence-electron chi connectivity index (χ4n) is 1.50. The number of amides is 1. The first-order valence-electron chi connectivity index (χ1n) is 6.17. The minimum absolute atomic E-state index is 0.0407. The zero-order valence-corrected chi connectivity index (χ0v) is 12.1. The molecule has 0 spiro atoms. The summed E-state index contributed by atoms with van der Waals surface area (Å²) in [4.78, 5) is 11.7. The van der Waals surface area contributed by atoms with Crippen molar-refractivity contribution in [2.45, 2.75) is 32.9 Å². The van der Waals surface area contributed by atoms with E-state index in [-0.39, 0.29) is 11.9 Å². The molecule has 4 nitrogen and oxygen atoms in total. The fraction of sp³-hybridized carbons (Fsp3) is 0.615. The summed E-state index contributed by atoms with van der Waals surface area (Å²) in [5.41, 5.74) is 2.54. The molecule has 18 heavy (non-hydrogen) atoms. The maximum absolute atomic E-state index is 11.7. The van der Waals surface area contributed by atoms with Gasteiger partial charge in [-0.25, -0.2) is 0 Å². The monoisotopic (exact) mass is 270 g/mol. The first-order valence-corrected chi connectivity index (χ1v) is 7.11. The summed E-state index contributed by atoms with van der Waals surface area (Å²) in [6, 6.07) is -0.174. The Morgan fingerprint density at radius 2 is 2.28 bits per heavy atom. The Morgan fingerprint density at radius 1 is 1.50 bits per heavy atom. The lowest BCUT2D eigenvalue weighted by atomic mass is 10.2. The lowest BCUT2D eigenvalue weighted by molar-refractivity contribution is -0.122. The van der Waals surface area contributed by atoms with Gasteiger partial charge in [0.25, 0.3) is 0 Å². The number of hydrogen-bond donors (Lipinski definition) is 2. The van der Waals surface area contributed by atoms with Crippen LogP contribution >= 0.6 is 11.3 Å². The van der Waals surface area contributed by atoms with E-state index in [1.165, 1.54) is 11.1 Å². The average Bonchev–Trinajstić information content (AvgIpc) is 2.77. The molecule has 1 amide bonds. The summed E-state index contributed by atoms with van der Waals surface area (Å²) in [7, 11) is 1.66. The van der Waals surface area contributed by atoms with Crippen LogP contribution in [0.3, 0.4) is 0 Å². The number of thiophene rings is 1. The number of ether oxygens (including phenoxy) is 1. The maximum atomic E-state index is 11.7. The van der Waals surface area contributed by atoms with Crippen LogP contribution in [0.15, 0.2) is 10.8 Å². The van der Waals surface area contributed by atoms with Crippen molar-refractivity contribution in [2.24, 2.45) is 0 Å². The molecule has 0 bridgehead atoms. The minimum atomic E-state index is -0.174. The molecule has 5 heteroatoms. The second kappa shape index (κ2) is 8.24. The van der Waals surface area contributed by atoms with Crippen molar-refractivity contribution < 1.29 is 9.53 Å². The van der Waals surface area contributed by atoms with Crippen molar-refractivity contribution in [1.82, 2.24) is 10.6 Å². The van der Waals surface area contributed by atoms with E-state index >= 15 is 0 Å². The third-order valence-electron chi connectivity index (χ3n) is 2.78. The van der Waals surface area contributed by atoms with E-state index in [1.54, 1.807) is 18.4 Å². The standard InChI is InChI=1S/C13H22N2O2S/c1-10-8-18-9-12(10)7-15-11(2)13(16)14-5-4-6-17-3/h8-9,11,15H,4-7H2,1-3H3,(H,14,16). The Labute approximate surface area is 113 Å². The van der Waals surface area contributed by atoms with Crippen LogP contribution in [-0.4, -0.2) is 32.2 Å². The number of aryl methyl sites for hydroxylation is 1. The number of methoxy groups -OCH3 is 1. The Kier molecular flexibility index (Phi) is 6.93. The number of hydrogen-bond acceptors (Lipinski definition) is 4. The Hall–Kier alpha value is -0.910. The molecule has 0 aliphatic heterocycles. The lowest BCUT2D eigenvalue weighted by Gasteiger charge is -2.14. The van der Waals surface area contributed by atoms with Gasteiger partial charge in [0, 0.05) is 26.8 Å². The molecule has 0 saturated heterocycles. The van der Waals surface area contributed by atoms with Gasteiger partial charge in [-0.3, -0.25) is 4.79 Å². The van der Waals surface area contributed by atoms with E-state index in [0.29, 0.717) is 13.2 Å². The van der Waals surface area contributed by atoms with Crippen LogP contribution in [-0.2, 0) is 16.1 Å². The topological polar surface area (TPSA) is 50.4 Å². The smallest absolute Gasteiger partial charge is 0.236 e. The van der Waals surface area contributed by atoms with Gasteiger partial charge in [0.1, 0.15) is 0 Å². The van der Waals surface area contributed by atoms with Gasteiger partial charge in [-0.15, -0.1) is 0 Å². The van der Waals surface area contributed by atoms with E-state index < -0.39 is 0 Å². The Morgan fingerprint density at radius 3 is 2.89 bits per heavy atom. The zero-order valence-electron chi connectivity index (χ0n) is 11.3. The molecule has 1 rings (SSSR count). The SMILES string of the molecule is COCCCNC(=O)C(C)NCc1cscc1C. The first kappa shape index (κ1) is 15.1. The summed E-state index contributed by atoms with van der Waals surface area (Å²) in [6.07, 6.45) is 0.846. The molecule has 1 aromatic rings. The molecule has 0 radical (unpaired) electrons. The molecule has 2 N–H and O–H groups in total. The second-order valence-corrected chi connectivity index (χ2v) is 5.06. The number of carbonyl (C=O) groups is 1. The van der Waals surface area contributed by atoms with Crippen LogP contribution in [0.25, 0.3) is 0 Å². The van der Waals surface area contributed by atoms with E-state index in [9.17, 15) is 4.79 Å². The quantitative estimate of drug-likeness (QED) is 0.707. The molecule has 1 heterocycles. The average molecular weight is 270 g/mol. The molecule has 102 valence electrons. The van der Waals surface area contributed by atoms with Crippen molar-refractivity contribution in [1.29, 1.82) is 0 Å². The molecule has 1 aromatic heterocycles. The molecule has 1 unspecified atom stereocenters. The van der Waals surface area contributed by atoms with Gasteiger partial charge in [-0.05, 0) is 42.2 Å². The predicted octanol–water partition coefficient (Wildman–Crippen LogP) is 1.69. The molecule has 0 aliphatic carbocycles. The van der Waals surface area contributed by atoms with Gasteiger partial charge in [-0.1, -0.05) is 0 Å². The third-order valence-corrected chi connectivity index (χ3v) is 3.69. The highest BCUT2D eigenvalue weighted by Gasteiger charge is 2.11. The van der Waals surface area contributed by atoms with Gasteiger partial charge in [0.05, 0.1) is 6.04 Å². The van der Waals surface area contributed by atoms with Crippen molar-refractivity contribution in [2.75, 3.05) is 20.3 Å². The number of carbonyl (C=O) groups excluding carboxylic acids is 1. The van der Waals surface area contributed by atoms with E-state index in [4.69, 9.17) is 4.74 Å². The van der Waals surface area contributed by atoms with E-state index in [1.807, 2.05) is 6.92 Å². The summed E-state index contributed by atoms with van der Waals surface area (Å²) >= 11 is 1.69. The molecule has 0 fully saturated rings. The van der Waals surface area contributed by atoms with Gasteiger partial charge in [-0.2, -0.15) is 11.3 Å². The third kappa shape index (κ3) is 5.16. The van der Waals surface area contributed by atoms with Crippen LogP contribution in [0.4, 0.5) is 0 Å².